The van der Waals surface area contributed by atoms with Gasteiger partial charge in [-0.1, -0.05) is 30.3 Å². The first-order valence-electron chi connectivity index (χ1n) is 6.49. The number of benzene rings is 1. The first-order valence-corrected chi connectivity index (χ1v) is 7.47. The molecule has 1 aromatic rings. The van der Waals surface area contributed by atoms with Crippen molar-refractivity contribution in [2.45, 2.75) is 24.3 Å². The summed E-state index contributed by atoms with van der Waals surface area (Å²) in [5.74, 6) is 0.939. The number of fused-ring (bicyclic) bond motifs is 1. The van der Waals surface area contributed by atoms with E-state index >= 15 is 0 Å². The van der Waals surface area contributed by atoms with Crippen LogP contribution in [-0.4, -0.2) is 33.9 Å². The van der Waals surface area contributed by atoms with Crippen molar-refractivity contribution in [2.24, 2.45) is 0 Å². The Morgan fingerprint density at radius 1 is 1.37 bits per heavy atom. The van der Waals surface area contributed by atoms with Crippen LogP contribution in [0.4, 0.5) is 0 Å². The standard InChI is InChI=1S/C14H16N2O2S/c17-12-6-7-14(16(12)8-9-19-14)13(18)15-10-11-4-2-1-3-5-11/h1-5H,6-10H2,(H,15,18). The molecule has 5 heteroatoms. The molecule has 2 heterocycles. The van der Waals surface area contributed by atoms with E-state index in [1.165, 1.54) is 0 Å². The summed E-state index contributed by atoms with van der Waals surface area (Å²) in [5, 5.41) is 2.97. The molecular weight excluding hydrogens is 260 g/mol. The lowest BCUT2D eigenvalue weighted by Gasteiger charge is -2.29. The van der Waals surface area contributed by atoms with Gasteiger partial charge in [0.1, 0.15) is 0 Å². The highest BCUT2D eigenvalue weighted by molar-refractivity contribution is 8.01. The largest absolute Gasteiger partial charge is 0.349 e. The van der Waals surface area contributed by atoms with E-state index in [2.05, 4.69) is 5.32 Å². The SMILES string of the molecule is O=C1CCC2(C(=O)NCc3ccccc3)SCCN12. The van der Waals surface area contributed by atoms with E-state index in [1.54, 1.807) is 16.7 Å². The molecule has 1 N–H and O–H groups in total. The third-order valence-corrected chi connectivity index (χ3v) is 5.20. The summed E-state index contributed by atoms with van der Waals surface area (Å²) >= 11 is 1.60. The van der Waals surface area contributed by atoms with E-state index in [-0.39, 0.29) is 11.8 Å². The molecule has 2 saturated heterocycles. The van der Waals surface area contributed by atoms with E-state index in [1.807, 2.05) is 30.3 Å². The fourth-order valence-corrected chi connectivity index (χ4v) is 4.14. The zero-order valence-electron chi connectivity index (χ0n) is 10.6. The monoisotopic (exact) mass is 276 g/mol. The van der Waals surface area contributed by atoms with Crippen LogP contribution >= 0.6 is 11.8 Å². The normalized spacial score (nSPS) is 25.5. The Hall–Kier alpha value is -1.49. The molecule has 0 radical (unpaired) electrons. The van der Waals surface area contributed by atoms with Crippen molar-refractivity contribution >= 4 is 23.6 Å². The summed E-state index contributed by atoms with van der Waals surface area (Å²) in [6.45, 7) is 1.21. The summed E-state index contributed by atoms with van der Waals surface area (Å²) in [5.41, 5.74) is 1.08. The minimum atomic E-state index is -0.633. The number of hydrogen-bond acceptors (Lipinski definition) is 3. The fraction of sp³-hybridized carbons (Fsp3) is 0.429. The van der Waals surface area contributed by atoms with Crippen LogP contribution in [0, 0.1) is 0 Å². The van der Waals surface area contributed by atoms with Gasteiger partial charge in [0.25, 0.3) is 5.91 Å². The van der Waals surface area contributed by atoms with Crippen LogP contribution in [0.2, 0.25) is 0 Å². The highest BCUT2D eigenvalue weighted by Crippen LogP contribution is 2.44. The molecule has 0 spiro atoms. The third kappa shape index (κ3) is 2.12. The molecule has 2 fully saturated rings. The smallest absolute Gasteiger partial charge is 0.256 e. The van der Waals surface area contributed by atoms with Crippen molar-refractivity contribution < 1.29 is 9.59 Å². The van der Waals surface area contributed by atoms with Crippen LogP contribution in [0.3, 0.4) is 0 Å². The van der Waals surface area contributed by atoms with Crippen molar-refractivity contribution in [3.63, 3.8) is 0 Å². The van der Waals surface area contributed by atoms with Crippen LogP contribution in [0.15, 0.2) is 30.3 Å². The van der Waals surface area contributed by atoms with Crippen molar-refractivity contribution in [2.75, 3.05) is 12.3 Å². The number of carbonyl (C=O) groups excluding carboxylic acids is 2. The van der Waals surface area contributed by atoms with Crippen molar-refractivity contribution in [1.29, 1.82) is 0 Å². The van der Waals surface area contributed by atoms with Gasteiger partial charge in [-0.25, -0.2) is 0 Å². The molecule has 100 valence electrons. The highest BCUT2D eigenvalue weighted by Gasteiger charge is 2.54. The van der Waals surface area contributed by atoms with Crippen molar-refractivity contribution in [3.05, 3.63) is 35.9 Å². The first-order chi connectivity index (χ1) is 9.22. The predicted octanol–water partition coefficient (Wildman–Crippen LogP) is 1.37. The minimum absolute atomic E-state index is 0.0234. The second kappa shape index (κ2) is 4.89. The van der Waals surface area contributed by atoms with Crippen LogP contribution in [0.5, 0.6) is 0 Å². The van der Waals surface area contributed by atoms with Crippen LogP contribution in [0.25, 0.3) is 0 Å². The van der Waals surface area contributed by atoms with E-state index < -0.39 is 4.87 Å². The molecular formula is C14H16N2O2S. The van der Waals surface area contributed by atoms with Crippen molar-refractivity contribution in [3.8, 4) is 0 Å². The Balaban J connectivity index is 1.69. The zero-order valence-corrected chi connectivity index (χ0v) is 11.4. The topological polar surface area (TPSA) is 49.4 Å². The predicted molar refractivity (Wildman–Crippen MR) is 74.4 cm³/mol. The summed E-state index contributed by atoms with van der Waals surface area (Å²) in [7, 11) is 0. The molecule has 0 saturated carbocycles. The Morgan fingerprint density at radius 3 is 2.95 bits per heavy atom. The lowest BCUT2D eigenvalue weighted by molar-refractivity contribution is -0.135. The molecule has 2 aliphatic rings. The summed E-state index contributed by atoms with van der Waals surface area (Å²) < 4.78 is 0. The van der Waals surface area contributed by atoms with E-state index in [0.29, 0.717) is 25.9 Å². The molecule has 2 amide bonds. The molecule has 0 aromatic heterocycles. The maximum Gasteiger partial charge on any atom is 0.256 e. The summed E-state index contributed by atoms with van der Waals surface area (Å²) in [6, 6.07) is 9.83. The number of hydrogen-bond donors (Lipinski definition) is 1. The van der Waals surface area contributed by atoms with Crippen LogP contribution in [-0.2, 0) is 16.1 Å². The summed E-state index contributed by atoms with van der Waals surface area (Å²) in [4.78, 5) is 25.3. The maximum absolute atomic E-state index is 12.4. The fourth-order valence-electron chi connectivity index (χ4n) is 2.73. The van der Waals surface area contributed by atoms with Gasteiger partial charge in [-0.05, 0) is 12.0 Å². The molecule has 19 heavy (non-hydrogen) atoms. The molecule has 2 aliphatic heterocycles. The molecule has 1 atom stereocenters. The Labute approximate surface area is 116 Å². The average Bonchev–Trinajstić information content (AvgIpc) is 3.00. The molecule has 0 bridgehead atoms. The highest BCUT2D eigenvalue weighted by atomic mass is 32.2. The Morgan fingerprint density at radius 2 is 2.16 bits per heavy atom. The van der Waals surface area contributed by atoms with Gasteiger partial charge in [0.05, 0.1) is 0 Å². The molecule has 1 aromatic carbocycles. The number of carbonyl (C=O) groups is 2. The number of amides is 2. The lowest BCUT2D eigenvalue weighted by atomic mass is 10.1. The Kier molecular flexibility index (Phi) is 3.22. The Bertz CT molecular complexity index is 505. The zero-order chi connectivity index (χ0) is 13.3. The van der Waals surface area contributed by atoms with Gasteiger partial charge >= 0.3 is 0 Å². The average molecular weight is 276 g/mol. The molecule has 0 aliphatic carbocycles. The van der Waals surface area contributed by atoms with Gasteiger partial charge in [0, 0.05) is 25.3 Å². The first kappa shape index (κ1) is 12.5. The number of rotatable bonds is 3. The van der Waals surface area contributed by atoms with Gasteiger partial charge in [0.2, 0.25) is 5.91 Å². The second-order valence-electron chi connectivity index (χ2n) is 4.85. The van der Waals surface area contributed by atoms with Gasteiger partial charge in [0.15, 0.2) is 4.87 Å². The second-order valence-corrected chi connectivity index (χ2v) is 6.22. The number of thioether (sulfide) groups is 1. The number of nitrogens with zero attached hydrogens (tertiary/aromatic N) is 1. The molecule has 1 unspecified atom stereocenters. The van der Waals surface area contributed by atoms with Crippen molar-refractivity contribution in [1.82, 2.24) is 10.2 Å². The lowest BCUT2D eigenvalue weighted by Crippen LogP contribution is -2.50. The van der Waals surface area contributed by atoms with E-state index in [9.17, 15) is 9.59 Å². The van der Waals surface area contributed by atoms with Crippen LogP contribution < -0.4 is 5.32 Å². The van der Waals surface area contributed by atoms with Crippen LogP contribution in [0.1, 0.15) is 18.4 Å². The molecule has 3 rings (SSSR count). The quantitative estimate of drug-likeness (QED) is 0.907. The van der Waals surface area contributed by atoms with E-state index in [4.69, 9.17) is 0 Å². The van der Waals surface area contributed by atoms with Gasteiger partial charge in [-0.15, -0.1) is 11.8 Å². The van der Waals surface area contributed by atoms with Gasteiger partial charge < -0.3 is 10.2 Å². The third-order valence-electron chi connectivity index (χ3n) is 3.72. The minimum Gasteiger partial charge on any atom is -0.349 e. The van der Waals surface area contributed by atoms with E-state index in [0.717, 1.165) is 11.3 Å². The van der Waals surface area contributed by atoms with Gasteiger partial charge in [-0.3, -0.25) is 9.59 Å². The number of nitrogens with one attached hydrogen (secondary N) is 1. The maximum atomic E-state index is 12.4. The summed E-state index contributed by atoms with van der Waals surface area (Å²) in [6.07, 6.45) is 1.13. The van der Waals surface area contributed by atoms with Gasteiger partial charge in [-0.2, -0.15) is 0 Å². The molecule has 4 nitrogen and oxygen atoms in total.